The second-order valence-corrected chi connectivity index (χ2v) is 8.87. The van der Waals surface area contributed by atoms with Crippen LogP contribution in [-0.2, 0) is 12.8 Å². The lowest BCUT2D eigenvalue weighted by Crippen LogP contribution is -2.48. The van der Waals surface area contributed by atoms with Gasteiger partial charge in [-0.1, -0.05) is 19.1 Å². The van der Waals surface area contributed by atoms with Gasteiger partial charge < -0.3 is 19.5 Å². The number of benzene rings is 2. The number of nitrogens with one attached hydrogen (secondary N) is 1. The molecule has 3 aromatic rings. The van der Waals surface area contributed by atoms with E-state index in [0.717, 1.165) is 61.5 Å². The number of anilines is 1. The Kier molecular flexibility index (Phi) is 5.34. The van der Waals surface area contributed by atoms with Gasteiger partial charge in [0.15, 0.2) is 0 Å². The lowest BCUT2D eigenvalue weighted by molar-refractivity contribution is 0.0747. The number of para-hydroxylation sites is 2. The molecule has 1 aliphatic heterocycles. The molecule has 0 unspecified atom stereocenters. The first kappa shape index (κ1) is 20.0. The molecule has 0 spiro atoms. The predicted octanol–water partition coefficient (Wildman–Crippen LogP) is 4.65. The van der Waals surface area contributed by atoms with Crippen molar-refractivity contribution in [1.82, 2.24) is 9.88 Å². The molecule has 1 fully saturated rings. The van der Waals surface area contributed by atoms with Gasteiger partial charge in [-0.25, -0.2) is 0 Å². The number of hydrogen-bond acceptors (Lipinski definition) is 3. The standard InChI is InChI=1S/C26H31N3O2/c1-3-31-25-7-5-4-6-24(25)28-12-14-29(15-13-28)26(30)19-9-11-23-21(17-19)20-16-18(2)8-10-22(20)27-23/h4-7,9,11,17-18,27H,3,8,10,12-16H2,1-2H3/t18-/m1/s1. The summed E-state index contributed by atoms with van der Waals surface area (Å²) in [7, 11) is 0. The number of carbonyl (C=O) groups excluding carboxylic acids is 1. The average Bonchev–Trinajstić information content (AvgIpc) is 3.16. The second kappa shape index (κ2) is 8.29. The van der Waals surface area contributed by atoms with Crippen LogP contribution in [0.3, 0.4) is 0 Å². The Balaban J connectivity index is 1.32. The fourth-order valence-electron chi connectivity index (χ4n) is 5.05. The number of aromatic nitrogens is 1. The predicted molar refractivity (Wildman–Crippen MR) is 125 cm³/mol. The van der Waals surface area contributed by atoms with E-state index in [-0.39, 0.29) is 5.91 Å². The Morgan fingerprint density at radius 3 is 2.74 bits per heavy atom. The first-order valence-electron chi connectivity index (χ1n) is 11.5. The molecule has 1 saturated heterocycles. The lowest BCUT2D eigenvalue weighted by atomic mass is 9.87. The van der Waals surface area contributed by atoms with Crippen molar-refractivity contribution in [3.8, 4) is 5.75 Å². The van der Waals surface area contributed by atoms with E-state index in [1.54, 1.807) is 0 Å². The number of aryl methyl sites for hydroxylation is 1. The molecule has 2 heterocycles. The molecular weight excluding hydrogens is 386 g/mol. The summed E-state index contributed by atoms with van der Waals surface area (Å²) in [4.78, 5) is 21.2. The van der Waals surface area contributed by atoms with Crippen LogP contribution in [0.25, 0.3) is 10.9 Å². The van der Waals surface area contributed by atoms with Crippen LogP contribution in [0.1, 0.15) is 41.9 Å². The molecule has 1 atom stereocenters. The van der Waals surface area contributed by atoms with Crippen LogP contribution in [0.4, 0.5) is 5.69 Å². The van der Waals surface area contributed by atoms with Crippen LogP contribution in [0.15, 0.2) is 42.5 Å². The van der Waals surface area contributed by atoms with E-state index in [4.69, 9.17) is 4.74 Å². The quantitative estimate of drug-likeness (QED) is 0.672. The average molecular weight is 418 g/mol. The Bertz CT molecular complexity index is 1100. The molecule has 162 valence electrons. The molecule has 1 aromatic heterocycles. The highest BCUT2D eigenvalue weighted by Crippen LogP contribution is 2.33. The van der Waals surface area contributed by atoms with Crippen LogP contribution in [-0.4, -0.2) is 48.6 Å². The summed E-state index contributed by atoms with van der Waals surface area (Å²) in [6.45, 7) is 8.05. The Morgan fingerprint density at radius 1 is 1.13 bits per heavy atom. The van der Waals surface area contributed by atoms with Gasteiger partial charge in [0.05, 0.1) is 12.3 Å². The van der Waals surface area contributed by atoms with Crippen LogP contribution >= 0.6 is 0 Å². The molecule has 5 nitrogen and oxygen atoms in total. The zero-order valence-corrected chi connectivity index (χ0v) is 18.5. The van der Waals surface area contributed by atoms with Gasteiger partial charge in [-0.3, -0.25) is 4.79 Å². The number of aromatic amines is 1. The summed E-state index contributed by atoms with van der Waals surface area (Å²) in [5.74, 6) is 1.76. The third kappa shape index (κ3) is 3.78. The maximum atomic E-state index is 13.3. The number of carbonyl (C=O) groups is 1. The summed E-state index contributed by atoms with van der Waals surface area (Å²) in [6, 6.07) is 14.3. The van der Waals surface area contributed by atoms with Crippen molar-refractivity contribution in [1.29, 1.82) is 0 Å². The smallest absolute Gasteiger partial charge is 0.253 e. The van der Waals surface area contributed by atoms with Gasteiger partial charge in [-0.05, 0) is 68.0 Å². The molecule has 31 heavy (non-hydrogen) atoms. The number of rotatable bonds is 4. The Hall–Kier alpha value is -2.95. The maximum Gasteiger partial charge on any atom is 0.253 e. The Morgan fingerprint density at radius 2 is 1.94 bits per heavy atom. The van der Waals surface area contributed by atoms with Crippen molar-refractivity contribution < 1.29 is 9.53 Å². The fourth-order valence-corrected chi connectivity index (χ4v) is 5.05. The van der Waals surface area contributed by atoms with E-state index >= 15 is 0 Å². The number of fused-ring (bicyclic) bond motifs is 3. The van der Waals surface area contributed by atoms with E-state index in [9.17, 15) is 4.79 Å². The second-order valence-electron chi connectivity index (χ2n) is 8.87. The van der Waals surface area contributed by atoms with Crippen molar-refractivity contribution in [2.75, 3.05) is 37.7 Å². The zero-order chi connectivity index (χ0) is 21.4. The molecule has 5 heteroatoms. The van der Waals surface area contributed by atoms with Crippen LogP contribution in [0.2, 0.25) is 0 Å². The van der Waals surface area contributed by atoms with Gasteiger partial charge in [0.1, 0.15) is 5.75 Å². The third-order valence-corrected chi connectivity index (χ3v) is 6.75. The maximum absolute atomic E-state index is 13.3. The van der Waals surface area contributed by atoms with Crippen LogP contribution in [0.5, 0.6) is 5.75 Å². The Labute approximate surface area is 184 Å². The van der Waals surface area contributed by atoms with E-state index < -0.39 is 0 Å². The van der Waals surface area contributed by atoms with E-state index in [1.807, 2.05) is 36.1 Å². The highest BCUT2D eigenvalue weighted by molar-refractivity contribution is 5.99. The number of nitrogens with zero attached hydrogens (tertiary/aromatic N) is 2. The molecule has 0 radical (unpaired) electrons. The molecule has 1 N–H and O–H groups in total. The summed E-state index contributed by atoms with van der Waals surface area (Å²) in [5.41, 5.74) is 5.86. The lowest BCUT2D eigenvalue weighted by Gasteiger charge is -2.36. The van der Waals surface area contributed by atoms with E-state index in [1.165, 1.54) is 23.1 Å². The number of ether oxygens (including phenoxy) is 1. The van der Waals surface area contributed by atoms with Crippen molar-refractivity contribution in [3.05, 3.63) is 59.3 Å². The van der Waals surface area contributed by atoms with Crippen molar-refractivity contribution >= 4 is 22.5 Å². The summed E-state index contributed by atoms with van der Waals surface area (Å²) in [5, 5.41) is 1.23. The monoisotopic (exact) mass is 417 g/mol. The largest absolute Gasteiger partial charge is 0.492 e. The topological polar surface area (TPSA) is 48.6 Å². The number of amides is 1. The van der Waals surface area contributed by atoms with Gasteiger partial charge >= 0.3 is 0 Å². The van der Waals surface area contributed by atoms with Gasteiger partial charge in [-0.2, -0.15) is 0 Å². The third-order valence-electron chi connectivity index (χ3n) is 6.75. The first-order valence-corrected chi connectivity index (χ1v) is 11.5. The molecule has 2 aliphatic rings. The molecule has 2 aromatic carbocycles. The number of piperazine rings is 1. The van der Waals surface area contributed by atoms with Gasteiger partial charge in [0.25, 0.3) is 5.91 Å². The molecule has 1 aliphatic carbocycles. The molecule has 1 amide bonds. The number of H-pyrrole nitrogens is 1. The summed E-state index contributed by atoms with van der Waals surface area (Å²) < 4.78 is 5.79. The minimum absolute atomic E-state index is 0.137. The van der Waals surface area contributed by atoms with Gasteiger partial charge in [0.2, 0.25) is 0 Å². The number of hydrogen-bond donors (Lipinski definition) is 1. The van der Waals surface area contributed by atoms with E-state index in [2.05, 4.69) is 35.0 Å². The molecule has 0 bridgehead atoms. The summed E-state index contributed by atoms with van der Waals surface area (Å²) in [6.07, 6.45) is 3.45. The molecular formula is C26H31N3O2. The first-order chi connectivity index (χ1) is 15.1. The van der Waals surface area contributed by atoms with Crippen molar-refractivity contribution in [2.24, 2.45) is 5.92 Å². The fraction of sp³-hybridized carbons (Fsp3) is 0.423. The van der Waals surface area contributed by atoms with Crippen molar-refractivity contribution in [3.63, 3.8) is 0 Å². The SMILES string of the molecule is CCOc1ccccc1N1CCN(C(=O)c2ccc3[nH]c4c(c3c2)C[C@H](C)CC4)CC1. The highest BCUT2D eigenvalue weighted by Gasteiger charge is 2.25. The molecule has 0 saturated carbocycles. The van der Waals surface area contributed by atoms with Gasteiger partial charge in [0, 0.05) is 48.3 Å². The highest BCUT2D eigenvalue weighted by atomic mass is 16.5. The van der Waals surface area contributed by atoms with E-state index in [0.29, 0.717) is 12.5 Å². The van der Waals surface area contributed by atoms with Gasteiger partial charge in [-0.15, -0.1) is 0 Å². The minimum atomic E-state index is 0.137. The minimum Gasteiger partial charge on any atom is -0.492 e. The van der Waals surface area contributed by atoms with Crippen molar-refractivity contribution in [2.45, 2.75) is 33.1 Å². The molecule has 5 rings (SSSR count). The normalized spacial score (nSPS) is 18.8. The van der Waals surface area contributed by atoms with Crippen LogP contribution in [0, 0.1) is 5.92 Å². The van der Waals surface area contributed by atoms with Crippen LogP contribution < -0.4 is 9.64 Å². The summed E-state index contributed by atoms with van der Waals surface area (Å²) >= 11 is 0. The zero-order valence-electron chi connectivity index (χ0n) is 18.5.